The van der Waals surface area contributed by atoms with Crippen molar-refractivity contribution in [2.45, 2.75) is 19.9 Å². The summed E-state index contributed by atoms with van der Waals surface area (Å²) in [5, 5.41) is 8.81. The van der Waals surface area contributed by atoms with E-state index in [1.165, 1.54) is 11.3 Å². The summed E-state index contributed by atoms with van der Waals surface area (Å²) in [5.74, 6) is 0.675. The van der Waals surface area contributed by atoms with E-state index in [2.05, 4.69) is 15.9 Å². The standard InChI is InChI=1S/C32H26BrN3O5S/c1-3-39-23-13-11-22(12-14-23)29-27(31(38)40-4-2)28(21-8-6-5-7-9-21)35-32-36(29)30(37)26(42-32)19-20-10-15-25(24(33)18-20)41-17-16-34/h5-15,18-19,29H,3-4,17H2,1-2H3/b26-19-/t29-/m1/s1. The van der Waals surface area contributed by atoms with E-state index >= 15 is 0 Å². The van der Waals surface area contributed by atoms with Gasteiger partial charge in [-0.05, 0) is 71.2 Å². The average Bonchev–Trinajstić information content (AvgIpc) is 3.31. The molecule has 0 spiro atoms. The van der Waals surface area contributed by atoms with Gasteiger partial charge in [0.15, 0.2) is 11.4 Å². The minimum absolute atomic E-state index is 0.0748. The third-order valence-corrected chi connectivity index (χ3v) is 8.03. The Morgan fingerprint density at radius 3 is 2.50 bits per heavy atom. The van der Waals surface area contributed by atoms with Gasteiger partial charge in [0, 0.05) is 5.56 Å². The molecule has 0 saturated carbocycles. The first-order valence-corrected chi connectivity index (χ1v) is 14.9. The Hall–Kier alpha value is -4.46. The van der Waals surface area contributed by atoms with Gasteiger partial charge >= 0.3 is 5.97 Å². The largest absolute Gasteiger partial charge is 0.494 e. The van der Waals surface area contributed by atoms with E-state index in [0.29, 0.717) is 37.6 Å². The zero-order valence-electron chi connectivity index (χ0n) is 22.9. The number of hydrogen-bond donors (Lipinski definition) is 0. The molecule has 0 N–H and O–H groups in total. The lowest BCUT2D eigenvalue weighted by molar-refractivity contribution is -0.138. The van der Waals surface area contributed by atoms with Crippen molar-refractivity contribution in [1.82, 2.24) is 4.57 Å². The third kappa shape index (κ3) is 5.93. The van der Waals surface area contributed by atoms with Crippen LogP contribution in [0.1, 0.15) is 36.6 Å². The molecule has 0 bridgehead atoms. The molecule has 1 aromatic heterocycles. The topological polar surface area (TPSA) is 103 Å². The van der Waals surface area contributed by atoms with Crippen LogP contribution in [0.25, 0.3) is 11.8 Å². The fourth-order valence-electron chi connectivity index (χ4n) is 4.65. The number of rotatable bonds is 9. The second-order valence-corrected chi connectivity index (χ2v) is 10.9. The molecular formula is C32H26BrN3O5S. The predicted octanol–water partition coefficient (Wildman–Crippen LogP) is 5.00. The molecule has 10 heteroatoms. The molecule has 0 unspecified atom stereocenters. The lowest BCUT2D eigenvalue weighted by Crippen LogP contribution is -2.40. The number of halogens is 1. The Bertz CT molecular complexity index is 1870. The zero-order valence-corrected chi connectivity index (χ0v) is 25.3. The van der Waals surface area contributed by atoms with Gasteiger partial charge < -0.3 is 14.2 Å². The molecule has 0 amide bonds. The molecule has 0 radical (unpaired) electrons. The molecule has 0 saturated heterocycles. The summed E-state index contributed by atoms with van der Waals surface area (Å²) >= 11 is 4.72. The van der Waals surface area contributed by atoms with Crippen molar-refractivity contribution < 1.29 is 19.0 Å². The molecule has 2 heterocycles. The minimum atomic E-state index is -0.776. The van der Waals surface area contributed by atoms with Crippen LogP contribution in [0.15, 0.2) is 92.6 Å². The predicted molar refractivity (Wildman–Crippen MR) is 164 cm³/mol. The number of nitriles is 1. The van der Waals surface area contributed by atoms with Crippen LogP contribution in [0.4, 0.5) is 0 Å². The molecule has 0 fully saturated rings. The first kappa shape index (κ1) is 29.0. The quantitative estimate of drug-likeness (QED) is 0.238. The number of ether oxygens (including phenoxy) is 3. The molecule has 42 heavy (non-hydrogen) atoms. The molecule has 8 nitrogen and oxygen atoms in total. The SMILES string of the molecule is CCOC(=O)C1=C(c2ccccc2)N=c2s/c(=C\c3ccc(OCC#N)c(Br)c3)c(=O)n2[C@@H]1c1ccc(OCC)cc1. The average molecular weight is 645 g/mol. The van der Waals surface area contributed by atoms with E-state index in [4.69, 9.17) is 24.5 Å². The first-order chi connectivity index (χ1) is 20.4. The van der Waals surface area contributed by atoms with Crippen LogP contribution in [0, 0.1) is 11.3 Å². The molecular weight excluding hydrogens is 618 g/mol. The molecule has 3 aromatic carbocycles. The van der Waals surface area contributed by atoms with Crippen LogP contribution < -0.4 is 24.4 Å². The summed E-state index contributed by atoms with van der Waals surface area (Å²) in [4.78, 5) is 33.0. The maximum Gasteiger partial charge on any atom is 0.338 e. The van der Waals surface area contributed by atoms with E-state index < -0.39 is 12.0 Å². The number of carbonyl (C=O) groups excluding carboxylic acids is 1. The van der Waals surface area contributed by atoms with Crippen LogP contribution >= 0.6 is 27.3 Å². The van der Waals surface area contributed by atoms with Crippen molar-refractivity contribution in [2.75, 3.05) is 19.8 Å². The number of thiazole rings is 1. The van der Waals surface area contributed by atoms with E-state index in [9.17, 15) is 9.59 Å². The highest BCUT2D eigenvalue weighted by molar-refractivity contribution is 9.10. The minimum Gasteiger partial charge on any atom is -0.494 e. The molecule has 1 atom stereocenters. The van der Waals surface area contributed by atoms with Crippen LogP contribution in [-0.2, 0) is 9.53 Å². The monoisotopic (exact) mass is 643 g/mol. The van der Waals surface area contributed by atoms with Crippen molar-refractivity contribution in [1.29, 1.82) is 5.26 Å². The molecule has 1 aliphatic rings. The maximum absolute atomic E-state index is 14.0. The van der Waals surface area contributed by atoms with Gasteiger partial charge in [0.25, 0.3) is 5.56 Å². The molecule has 0 aliphatic carbocycles. The maximum atomic E-state index is 14.0. The first-order valence-electron chi connectivity index (χ1n) is 13.3. The van der Waals surface area contributed by atoms with Gasteiger partial charge in [0.2, 0.25) is 0 Å². The zero-order chi connectivity index (χ0) is 29.6. The van der Waals surface area contributed by atoms with Gasteiger partial charge in [-0.25, -0.2) is 9.79 Å². The van der Waals surface area contributed by atoms with Gasteiger partial charge in [-0.1, -0.05) is 59.9 Å². The summed E-state index contributed by atoms with van der Waals surface area (Å²) in [7, 11) is 0. The number of esters is 1. The Kier molecular flexibility index (Phi) is 9.00. The lowest BCUT2D eigenvalue weighted by atomic mass is 9.93. The van der Waals surface area contributed by atoms with E-state index in [1.807, 2.05) is 73.7 Å². The number of aromatic nitrogens is 1. The summed E-state index contributed by atoms with van der Waals surface area (Å²) in [5.41, 5.74) is 2.68. The number of fused-ring (bicyclic) bond motifs is 1. The number of nitrogens with zero attached hydrogens (tertiary/aromatic N) is 3. The smallest absolute Gasteiger partial charge is 0.338 e. The molecule has 4 aromatic rings. The highest BCUT2D eigenvalue weighted by Gasteiger charge is 2.35. The van der Waals surface area contributed by atoms with Crippen LogP contribution in [0.5, 0.6) is 11.5 Å². The lowest BCUT2D eigenvalue weighted by Gasteiger charge is -2.26. The van der Waals surface area contributed by atoms with E-state index in [-0.39, 0.29) is 24.3 Å². The van der Waals surface area contributed by atoms with E-state index in [0.717, 1.165) is 16.7 Å². The van der Waals surface area contributed by atoms with Crippen LogP contribution in [0.2, 0.25) is 0 Å². The highest BCUT2D eigenvalue weighted by atomic mass is 79.9. The van der Waals surface area contributed by atoms with Crippen molar-refractivity contribution in [3.8, 4) is 17.6 Å². The Labute approximate surface area is 254 Å². The Morgan fingerprint density at radius 1 is 1.07 bits per heavy atom. The van der Waals surface area contributed by atoms with Gasteiger partial charge in [0.1, 0.15) is 17.6 Å². The summed E-state index contributed by atoms with van der Waals surface area (Å²) < 4.78 is 19.2. The van der Waals surface area contributed by atoms with Crippen molar-refractivity contribution in [3.63, 3.8) is 0 Å². The van der Waals surface area contributed by atoms with Gasteiger partial charge in [-0.3, -0.25) is 9.36 Å². The van der Waals surface area contributed by atoms with Crippen molar-refractivity contribution in [2.24, 2.45) is 4.99 Å². The molecule has 212 valence electrons. The number of hydrogen-bond acceptors (Lipinski definition) is 8. The van der Waals surface area contributed by atoms with Crippen molar-refractivity contribution in [3.05, 3.63) is 119 Å². The summed E-state index contributed by atoms with van der Waals surface area (Å²) in [6.45, 7) is 4.27. The van der Waals surface area contributed by atoms with Crippen LogP contribution in [-0.4, -0.2) is 30.4 Å². The fourth-order valence-corrected chi connectivity index (χ4v) is 6.17. The van der Waals surface area contributed by atoms with E-state index in [1.54, 1.807) is 29.7 Å². The summed E-state index contributed by atoms with van der Waals surface area (Å²) in [6.07, 6.45) is 1.77. The van der Waals surface area contributed by atoms with Crippen LogP contribution in [0.3, 0.4) is 0 Å². The molecule has 5 rings (SSSR count). The molecule has 1 aliphatic heterocycles. The van der Waals surface area contributed by atoms with Gasteiger partial charge in [-0.2, -0.15) is 5.26 Å². The third-order valence-electron chi connectivity index (χ3n) is 6.43. The second-order valence-electron chi connectivity index (χ2n) is 9.07. The van der Waals surface area contributed by atoms with Gasteiger partial charge in [0.05, 0.1) is 39.5 Å². The van der Waals surface area contributed by atoms with Gasteiger partial charge in [-0.15, -0.1) is 0 Å². The second kappa shape index (κ2) is 13.0. The highest BCUT2D eigenvalue weighted by Crippen LogP contribution is 2.35. The number of benzene rings is 3. The Balaban J connectivity index is 1.73. The van der Waals surface area contributed by atoms with Crippen molar-refractivity contribution >= 4 is 45.0 Å². The normalized spacial score (nSPS) is 14.5. The number of carbonyl (C=O) groups is 1. The summed E-state index contributed by atoms with van der Waals surface area (Å²) in [6, 6.07) is 23.3. The fraction of sp³-hybridized carbons (Fsp3) is 0.188. The Morgan fingerprint density at radius 2 is 1.83 bits per heavy atom.